The number of aliphatic hydroxyl groups excluding tert-OH is 1. The molecular weight excluding hydrogens is 723 g/mol. The van der Waals surface area contributed by atoms with Gasteiger partial charge in [-0.2, -0.15) is 0 Å². The number of rotatable bonds is 10. The zero-order chi connectivity index (χ0) is 39.2. The van der Waals surface area contributed by atoms with Crippen molar-refractivity contribution in [2.24, 2.45) is 5.92 Å². The quantitative estimate of drug-likeness (QED) is 0.141. The van der Waals surface area contributed by atoms with E-state index in [0.29, 0.717) is 46.2 Å². The lowest BCUT2D eigenvalue weighted by Gasteiger charge is -2.33. The van der Waals surface area contributed by atoms with Gasteiger partial charge >= 0.3 is 0 Å². The number of fused-ring (bicyclic) bond motifs is 4. The number of carbonyl (C=O) groups excluding carboxylic acids is 3. The Balaban J connectivity index is 1.24. The lowest BCUT2D eigenvalue weighted by Crippen LogP contribution is -2.46. The Kier molecular flexibility index (Phi) is 9.88. The Labute approximate surface area is 327 Å². The van der Waals surface area contributed by atoms with Gasteiger partial charge in [-0.3, -0.25) is 19.3 Å². The summed E-state index contributed by atoms with van der Waals surface area (Å²) in [6.07, 6.45) is -0.896. The molecule has 0 aliphatic carbocycles. The second-order valence-corrected chi connectivity index (χ2v) is 19.3. The van der Waals surface area contributed by atoms with E-state index in [0.717, 1.165) is 11.1 Å². The molecule has 0 radical (unpaired) electrons. The van der Waals surface area contributed by atoms with Crippen molar-refractivity contribution in [3.8, 4) is 11.5 Å². The van der Waals surface area contributed by atoms with E-state index in [4.69, 9.17) is 9.47 Å². The van der Waals surface area contributed by atoms with Crippen molar-refractivity contribution in [3.05, 3.63) is 150 Å². The van der Waals surface area contributed by atoms with Crippen molar-refractivity contribution in [1.29, 1.82) is 0 Å². The van der Waals surface area contributed by atoms with Crippen LogP contribution < -0.4 is 14.5 Å². The first-order valence-corrected chi connectivity index (χ1v) is 22.1. The maximum Gasteiger partial charge on any atom is 0.266 e. The summed E-state index contributed by atoms with van der Waals surface area (Å²) in [4.78, 5) is 60.8. The number of hydrogen-bond acceptors (Lipinski definition) is 7. The molecule has 3 amide bonds. The molecule has 0 saturated carbocycles. The zero-order valence-corrected chi connectivity index (χ0v) is 32.7. The number of hydrogen-bond donors (Lipinski definition) is 2. The fourth-order valence-corrected chi connectivity index (χ4v) is 11.5. The van der Waals surface area contributed by atoms with Crippen LogP contribution in [-0.2, 0) is 33.0 Å². The average molecular weight is 768 g/mol. The molecule has 3 heterocycles. The summed E-state index contributed by atoms with van der Waals surface area (Å²) in [6.45, 7) is 6.06. The maximum absolute atomic E-state index is 15.3. The van der Waals surface area contributed by atoms with E-state index in [1.54, 1.807) is 32.9 Å². The van der Waals surface area contributed by atoms with Crippen LogP contribution in [0.25, 0.3) is 0 Å². The minimum Gasteiger partial charge on any atom is -0.454 e. The van der Waals surface area contributed by atoms with Gasteiger partial charge in [-0.25, -0.2) is 0 Å². The molecule has 1 spiro atoms. The van der Waals surface area contributed by atoms with Crippen molar-refractivity contribution in [3.63, 3.8) is 0 Å². The van der Waals surface area contributed by atoms with Crippen LogP contribution in [0.5, 0.6) is 11.5 Å². The SMILES string of the molecule is C[C@H]1[C@H]([Si](C)(C)O)[C@@H](CC(=O)N(CCO)Cc2ccccc2)O[C@]12C(=O)N(Cc1ccccc1)c1ccc(N3C(=O)c4ccccc4Oc4ccccc43)cc12. The van der Waals surface area contributed by atoms with Crippen LogP contribution in [0.1, 0.15) is 40.4 Å². The van der Waals surface area contributed by atoms with E-state index >= 15 is 4.79 Å². The molecule has 3 aliphatic rings. The number of nitrogens with zero attached hydrogens (tertiary/aromatic N) is 3. The number of para-hydroxylation sites is 3. The molecule has 11 heteroatoms. The predicted molar refractivity (Wildman–Crippen MR) is 216 cm³/mol. The number of anilines is 3. The van der Waals surface area contributed by atoms with Gasteiger partial charge in [0.1, 0.15) is 5.75 Å². The lowest BCUT2D eigenvalue weighted by atomic mass is 9.82. The molecule has 1 saturated heterocycles. The van der Waals surface area contributed by atoms with Crippen molar-refractivity contribution < 1.29 is 33.8 Å². The molecule has 286 valence electrons. The fourth-order valence-electron chi connectivity index (χ4n) is 8.91. The molecule has 0 unspecified atom stereocenters. The molecule has 5 aromatic carbocycles. The van der Waals surface area contributed by atoms with Gasteiger partial charge in [0, 0.05) is 35.8 Å². The summed E-state index contributed by atoms with van der Waals surface area (Å²) < 4.78 is 13.4. The Morgan fingerprint density at radius 3 is 2.16 bits per heavy atom. The molecule has 8 rings (SSSR count). The molecule has 4 atom stereocenters. The van der Waals surface area contributed by atoms with Gasteiger partial charge in [0.15, 0.2) is 19.7 Å². The third kappa shape index (κ3) is 6.50. The molecular formula is C45H45N3O7Si. The molecule has 10 nitrogen and oxygen atoms in total. The molecule has 3 aliphatic heterocycles. The van der Waals surface area contributed by atoms with Crippen LogP contribution in [0.3, 0.4) is 0 Å². The van der Waals surface area contributed by atoms with Crippen molar-refractivity contribution in [2.75, 3.05) is 23.0 Å². The van der Waals surface area contributed by atoms with Crippen LogP contribution in [0.15, 0.2) is 127 Å². The van der Waals surface area contributed by atoms with Crippen LogP contribution in [0.4, 0.5) is 17.1 Å². The summed E-state index contributed by atoms with van der Waals surface area (Å²) >= 11 is 0. The van der Waals surface area contributed by atoms with Crippen LogP contribution in [-0.4, -0.2) is 60.1 Å². The van der Waals surface area contributed by atoms with Gasteiger partial charge in [-0.1, -0.05) is 91.9 Å². The Morgan fingerprint density at radius 2 is 1.46 bits per heavy atom. The molecule has 1 fully saturated rings. The molecule has 0 aromatic heterocycles. The Morgan fingerprint density at radius 1 is 0.821 bits per heavy atom. The summed E-state index contributed by atoms with van der Waals surface area (Å²) in [5, 5.41) is 9.95. The first-order valence-electron chi connectivity index (χ1n) is 19.0. The Hall–Kier alpha value is -5.59. The summed E-state index contributed by atoms with van der Waals surface area (Å²) in [7, 11) is -3.13. The standard InChI is InChI=1S/C45H45N3O7Si/c1-30-42(56(2,3)53)40(27-41(50)46(24-25-49)28-31-14-6-4-7-15-31)55-45(30)35-26-33(22-23-36(35)47(44(45)52)29-32-16-8-5-9-17-32)48-37-19-11-13-21-39(37)54-38-20-12-10-18-34(38)43(48)51/h4-23,26,30,40,42,49,53H,24-25,27-29H2,1-3H3/t30-,40+,42-,45+/m0/s1. The van der Waals surface area contributed by atoms with E-state index in [9.17, 15) is 19.5 Å². The third-order valence-electron chi connectivity index (χ3n) is 11.4. The summed E-state index contributed by atoms with van der Waals surface area (Å²) in [5.41, 5.74) is 2.40. The topological polar surface area (TPSA) is 120 Å². The molecule has 5 aromatic rings. The maximum atomic E-state index is 15.3. The van der Waals surface area contributed by atoms with Gasteiger partial charge in [-0.15, -0.1) is 0 Å². The van der Waals surface area contributed by atoms with E-state index < -0.39 is 31.5 Å². The minimum atomic E-state index is -3.13. The first-order chi connectivity index (χ1) is 27.0. The minimum absolute atomic E-state index is 0.0896. The van der Waals surface area contributed by atoms with E-state index in [1.807, 2.05) is 129 Å². The number of aliphatic hydroxyl groups is 1. The average Bonchev–Trinajstić information content (AvgIpc) is 3.56. The highest BCUT2D eigenvalue weighted by atomic mass is 28.4. The second-order valence-electron chi connectivity index (χ2n) is 15.4. The Bertz CT molecular complexity index is 2280. The lowest BCUT2D eigenvalue weighted by molar-refractivity contribution is -0.150. The molecule has 0 bridgehead atoms. The van der Waals surface area contributed by atoms with Crippen LogP contribution >= 0.6 is 0 Å². The highest BCUT2D eigenvalue weighted by Gasteiger charge is 2.66. The smallest absolute Gasteiger partial charge is 0.266 e. The fraction of sp³-hybridized carbons (Fsp3) is 0.267. The van der Waals surface area contributed by atoms with Gasteiger partial charge in [-0.05, 0) is 66.7 Å². The highest BCUT2D eigenvalue weighted by Crippen LogP contribution is 2.60. The monoisotopic (exact) mass is 767 g/mol. The van der Waals surface area contributed by atoms with Crippen molar-refractivity contribution in [1.82, 2.24) is 4.90 Å². The number of benzene rings is 5. The van der Waals surface area contributed by atoms with Crippen LogP contribution in [0.2, 0.25) is 18.6 Å². The van der Waals surface area contributed by atoms with Gasteiger partial charge in [0.05, 0.1) is 42.6 Å². The van der Waals surface area contributed by atoms with E-state index in [2.05, 4.69) is 0 Å². The largest absolute Gasteiger partial charge is 0.454 e. The summed E-state index contributed by atoms with van der Waals surface area (Å²) in [5.74, 6) is -0.430. The van der Waals surface area contributed by atoms with Crippen LogP contribution in [0, 0.1) is 5.92 Å². The number of ether oxygens (including phenoxy) is 2. The van der Waals surface area contributed by atoms with Gasteiger partial charge < -0.3 is 29.2 Å². The zero-order valence-electron chi connectivity index (χ0n) is 31.7. The third-order valence-corrected chi connectivity index (χ3v) is 13.9. The molecule has 2 N–H and O–H groups in total. The second kappa shape index (κ2) is 14.8. The molecule has 56 heavy (non-hydrogen) atoms. The first kappa shape index (κ1) is 37.3. The van der Waals surface area contributed by atoms with Crippen molar-refractivity contribution in [2.45, 2.75) is 56.8 Å². The highest BCUT2D eigenvalue weighted by molar-refractivity contribution is 6.71. The van der Waals surface area contributed by atoms with E-state index in [1.165, 1.54) is 0 Å². The normalized spacial score (nSPS) is 21.3. The van der Waals surface area contributed by atoms with E-state index in [-0.39, 0.29) is 43.8 Å². The van der Waals surface area contributed by atoms with Gasteiger partial charge in [0.25, 0.3) is 11.8 Å². The van der Waals surface area contributed by atoms with Gasteiger partial charge in [0.2, 0.25) is 5.91 Å². The number of amides is 3. The predicted octanol–water partition coefficient (Wildman–Crippen LogP) is 7.53. The number of carbonyl (C=O) groups is 3. The summed E-state index contributed by atoms with van der Waals surface area (Å²) in [6, 6.07) is 39.3. The van der Waals surface area contributed by atoms with Crippen molar-refractivity contribution >= 4 is 43.1 Å².